The van der Waals surface area contributed by atoms with Gasteiger partial charge in [-0.25, -0.2) is 4.98 Å². The number of nitrogens with zero attached hydrogens (tertiary/aromatic N) is 2. The molecule has 3 rings (SSSR count). The smallest absolute Gasteiger partial charge is 0.234 e. The molecule has 6 heteroatoms. The van der Waals surface area contributed by atoms with E-state index in [1.165, 1.54) is 28.9 Å². The summed E-state index contributed by atoms with van der Waals surface area (Å²) in [6, 6.07) is 12.2. The van der Waals surface area contributed by atoms with Crippen LogP contribution in [0.4, 0.5) is 5.69 Å². The van der Waals surface area contributed by atoms with Gasteiger partial charge in [-0.2, -0.15) is 4.37 Å². The first-order chi connectivity index (χ1) is 12.4. The fourth-order valence-corrected chi connectivity index (χ4v) is 4.29. The number of amides is 1. The van der Waals surface area contributed by atoms with Crippen molar-refractivity contribution >= 4 is 34.9 Å². The standard InChI is InChI=1S/C20H21N3OS2/c1-12-9-14(3)18(15(4)10-12)21-17(24)11-25-20-22-19(23-26-20)16-8-6-5-7-13(16)2/h5-10H,11H2,1-4H3,(H,21,24). The molecule has 0 aliphatic heterocycles. The first kappa shape index (κ1) is 18.6. The number of benzene rings is 2. The van der Waals surface area contributed by atoms with Crippen molar-refractivity contribution in [2.45, 2.75) is 32.0 Å². The quantitative estimate of drug-likeness (QED) is 0.618. The SMILES string of the molecule is Cc1cc(C)c(NC(=O)CSc2nc(-c3ccccc3C)ns2)c(C)c1. The van der Waals surface area contributed by atoms with Crippen LogP contribution in [-0.4, -0.2) is 21.0 Å². The maximum atomic E-state index is 12.3. The molecule has 26 heavy (non-hydrogen) atoms. The highest BCUT2D eigenvalue weighted by molar-refractivity contribution is 8.01. The van der Waals surface area contributed by atoms with Crippen LogP contribution in [0.15, 0.2) is 40.7 Å². The van der Waals surface area contributed by atoms with E-state index < -0.39 is 0 Å². The number of hydrogen-bond acceptors (Lipinski definition) is 5. The molecule has 1 amide bonds. The van der Waals surface area contributed by atoms with Crippen molar-refractivity contribution < 1.29 is 4.79 Å². The molecule has 0 aliphatic rings. The zero-order chi connectivity index (χ0) is 18.7. The van der Waals surface area contributed by atoms with Gasteiger partial charge in [0.15, 0.2) is 10.2 Å². The Bertz CT molecular complexity index is 927. The second-order valence-corrected chi connectivity index (χ2v) is 8.28. The van der Waals surface area contributed by atoms with Crippen molar-refractivity contribution in [2.75, 3.05) is 11.1 Å². The van der Waals surface area contributed by atoms with Crippen LogP contribution in [0.3, 0.4) is 0 Å². The van der Waals surface area contributed by atoms with E-state index in [0.717, 1.165) is 38.1 Å². The van der Waals surface area contributed by atoms with Crippen LogP contribution in [-0.2, 0) is 4.79 Å². The molecule has 2 aromatic carbocycles. The van der Waals surface area contributed by atoms with Crippen molar-refractivity contribution in [3.05, 3.63) is 58.7 Å². The molecule has 0 saturated heterocycles. The van der Waals surface area contributed by atoms with Gasteiger partial charge in [0.1, 0.15) is 0 Å². The second-order valence-electron chi connectivity index (χ2n) is 6.31. The van der Waals surface area contributed by atoms with Gasteiger partial charge in [-0.05, 0) is 55.9 Å². The topological polar surface area (TPSA) is 54.9 Å². The predicted octanol–water partition coefficient (Wildman–Crippen LogP) is 5.17. The average Bonchev–Trinajstić information content (AvgIpc) is 3.05. The zero-order valence-corrected chi connectivity index (χ0v) is 16.9. The summed E-state index contributed by atoms with van der Waals surface area (Å²) in [6.45, 7) is 8.13. The Morgan fingerprint density at radius 2 is 1.77 bits per heavy atom. The fraction of sp³-hybridized carbons (Fsp3) is 0.250. The normalized spacial score (nSPS) is 10.8. The summed E-state index contributed by atoms with van der Waals surface area (Å²) in [5, 5.41) is 3.02. The summed E-state index contributed by atoms with van der Waals surface area (Å²) in [6.07, 6.45) is 0. The van der Waals surface area contributed by atoms with Gasteiger partial charge < -0.3 is 5.32 Å². The van der Waals surface area contributed by atoms with Crippen LogP contribution in [0.1, 0.15) is 22.3 Å². The highest BCUT2D eigenvalue weighted by Gasteiger charge is 2.12. The second kappa shape index (κ2) is 8.01. The predicted molar refractivity (Wildman–Crippen MR) is 110 cm³/mol. The van der Waals surface area contributed by atoms with Crippen molar-refractivity contribution in [3.8, 4) is 11.4 Å². The molecule has 0 bridgehead atoms. The lowest BCUT2D eigenvalue weighted by atomic mass is 10.1. The van der Waals surface area contributed by atoms with Gasteiger partial charge in [0.25, 0.3) is 0 Å². The van der Waals surface area contributed by atoms with Crippen LogP contribution in [0, 0.1) is 27.7 Å². The van der Waals surface area contributed by atoms with Crippen LogP contribution in [0.5, 0.6) is 0 Å². The molecule has 1 N–H and O–H groups in total. The van der Waals surface area contributed by atoms with E-state index in [1.807, 2.05) is 45.0 Å². The third-order valence-electron chi connectivity index (χ3n) is 4.06. The van der Waals surface area contributed by atoms with E-state index in [1.54, 1.807) is 0 Å². The van der Waals surface area contributed by atoms with Crippen molar-refractivity contribution in [1.29, 1.82) is 0 Å². The van der Waals surface area contributed by atoms with Crippen molar-refractivity contribution in [1.82, 2.24) is 9.36 Å². The average molecular weight is 384 g/mol. The van der Waals surface area contributed by atoms with E-state index in [2.05, 4.69) is 33.7 Å². The van der Waals surface area contributed by atoms with Gasteiger partial charge in [-0.3, -0.25) is 4.79 Å². The van der Waals surface area contributed by atoms with E-state index in [0.29, 0.717) is 5.75 Å². The molecular formula is C20H21N3OS2. The third-order valence-corrected chi connectivity index (χ3v) is 5.90. The highest BCUT2D eigenvalue weighted by Crippen LogP contribution is 2.27. The minimum absolute atomic E-state index is 0.0299. The Hall–Kier alpha value is -2.18. The van der Waals surface area contributed by atoms with E-state index in [9.17, 15) is 4.79 Å². The van der Waals surface area contributed by atoms with Crippen molar-refractivity contribution in [2.24, 2.45) is 0 Å². The Morgan fingerprint density at radius 1 is 1.08 bits per heavy atom. The van der Waals surface area contributed by atoms with Gasteiger partial charge in [-0.1, -0.05) is 53.7 Å². The molecule has 134 valence electrons. The zero-order valence-electron chi connectivity index (χ0n) is 15.3. The number of aryl methyl sites for hydroxylation is 4. The van der Waals surface area contributed by atoms with E-state index in [-0.39, 0.29) is 5.91 Å². The fourth-order valence-electron chi connectivity index (χ4n) is 2.88. The number of anilines is 1. The van der Waals surface area contributed by atoms with Crippen LogP contribution < -0.4 is 5.32 Å². The minimum atomic E-state index is -0.0299. The Morgan fingerprint density at radius 3 is 2.46 bits per heavy atom. The van der Waals surface area contributed by atoms with Crippen molar-refractivity contribution in [3.63, 3.8) is 0 Å². The molecule has 3 aromatic rings. The molecule has 1 heterocycles. The van der Waals surface area contributed by atoms with Gasteiger partial charge in [0.05, 0.1) is 5.75 Å². The lowest BCUT2D eigenvalue weighted by Crippen LogP contribution is -2.15. The highest BCUT2D eigenvalue weighted by atomic mass is 32.2. The summed E-state index contributed by atoms with van der Waals surface area (Å²) in [5.74, 6) is 1.01. The van der Waals surface area contributed by atoms with Crippen LogP contribution >= 0.6 is 23.3 Å². The van der Waals surface area contributed by atoms with Gasteiger partial charge in [-0.15, -0.1) is 0 Å². The molecule has 0 unspecified atom stereocenters. The minimum Gasteiger partial charge on any atom is -0.325 e. The molecule has 0 aliphatic carbocycles. The largest absolute Gasteiger partial charge is 0.325 e. The molecule has 0 saturated carbocycles. The number of aromatic nitrogens is 2. The molecular weight excluding hydrogens is 362 g/mol. The number of thioether (sulfide) groups is 1. The Labute approximate surface area is 162 Å². The maximum absolute atomic E-state index is 12.3. The van der Waals surface area contributed by atoms with Gasteiger partial charge >= 0.3 is 0 Å². The number of hydrogen-bond donors (Lipinski definition) is 1. The van der Waals surface area contributed by atoms with E-state index in [4.69, 9.17) is 0 Å². The molecule has 0 radical (unpaired) electrons. The Balaban J connectivity index is 1.63. The molecule has 1 aromatic heterocycles. The lowest BCUT2D eigenvalue weighted by Gasteiger charge is -2.12. The summed E-state index contributed by atoms with van der Waals surface area (Å²) >= 11 is 2.75. The molecule has 0 fully saturated rings. The third kappa shape index (κ3) is 4.31. The first-order valence-electron chi connectivity index (χ1n) is 8.34. The monoisotopic (exact) mass is 383 g/mol. The maximum Gasteiger partial charge on any atom is 0.234 e. The summed E-state index contributed by atoms with van der Waals surface area (Å²) in [5.41, 5.74) is 6.44. The van der Waals surface area contributed by atoms with Gasteiger partial charge in [0.2, 0.25) is 5.91 Å². The number of nitrogens with one attached hydrogen (secondary N) is 1. The summed E-state index contributed by atoms with van der Waals surface area (Å²) < 4.78 is 5.23. The number of carbonyl (C=O) groups excluding carboxylic acids is 1. The Kier molecular flexibility index (Phi) is 5.74. The summed E-state index contributed by atoms with van der Waals surface area (Å²) in [4.78, 5) is 16.9. The number of carbonyl (C=O) groups is 1. The first-order valence-corrected chi connectivity index (χ1v) is 10.1. The van der Waals surface area contributed by atoms with Gasteiger partial charge in [0, 0.05) is 11.3 Å². The summed E-state index contributed by atoms with van der Waals surface area (Å²) in [7, 11) is 0. The molecule has 0 atom stereocenters. The lowest BCUT2D eigenvalue weighted by molar-refractivity contribution is -0.113. The van der Waals surface area contributed by atoms with E-state index >= 15 is 0 Å². The molecule has 4 nitrogen and oxygen atoms in total. The number of rotatable bonds is 5. The van der Waals surface area contributed by atoms with Crippen LogP contribution in [0.2, 0.25) is 0 Å². The molecule has 0 spiro atoms. The van der Waals surface area contributed by atoms with Crippen LogP contribution in [0.25, 0.3) is 11.4 Å².